The van der Waals surface area contributed by atoms with Crippen molar-refractivity contribution in [2.45, 2.75) is 6.92 Å². The Morgan fingerprint density at radius 3 is 2.64 bits per heavy atom. The molecule has 1 amide bonds. The first-order valence-electron chi connectivity index (χ1n) is 7.62. The van der Waals surface area contributed by atoms with Crippen LogP contribution < -0.4 is 5.32 Å². The van der Waals surface area contributed by atoms with Gasteiger partial charge in [-0.05, 0) is 31.2 Å². The number of esters is 1. The molecule has 5 nitrogen and oxygen atoms in total. The number of rotatable bonds is 4. The molecule has 0 aliphatic rings. The van der Waals surface area contributed by atoms with E-state index in [2.05, 4.69) is 10.3 Å². The Labute approximate surface area is 143 Å². The highest BCUT2D eigenvalue weighted by Gasteiger charge is 2.15. The average molecular weight is 338 g/mol. The molecule has 0 bridgehead atoms. The summed E-state index contributed by atoms with van der Waals surface area (Å²) >= 11 is 0. The molecular weight excluding hydrogens is 323 g/mol. The van der Waals surface area contributed by atoms with Gasteiger partial charge in [0.2, 0.25) is 0 Å². The third kappa shape index (κ3) is 3.80. The van der Waals surface area contributed by atoms with Crippen molar-refractivity contribution in [1.82, 2.24) is 4.98 Å². The number of aromatic nitrogens is 1. The van der Waals surface area contributed by atoms with E-state index in [9.17, 15) is 14.0 Å². The molecule has 0 aliphatic heterocycles. The van der Waals surface area contributed by atoms with E-state index in [1.807, 2.05) is 6.07 Å². The maximum atomic E-state index is 13.5. The Morgan fingerprint density at radius 2 is 1.84 bits per heavy atom. The van der Waals surface area contributed by atoms with E-state index in [0.717, 1.165) is 0 Å². The van der Waals surface area contributed by atoms with Crippen LogP contribution in [0.15, 0.2) is 54.6 Å². The van der Waals surface area contributed by atoms with Crippen molar-refractivity contribution in [2.75, 3.05) is 11.9 Å². The highest BCUT2D eigenvalue weighted by atomic mass is 19.1. The summed E-state index contributed by atoms with van der Waals surface area (Å²) in [5, 5.41) is 3.01. The van der Waals surface area contributed by atoms with Gasteiger partial charge in [-0.3, -0.25) is 9.78 Å². The fourth-order valence-electron chi connectivity index (χ4n) is 2.43. The monoisotopic (exact) mass is 338 g/mol. The molecule has 126 valence electrons. The maximum absolute atomic E-state index is 13.5. The molecule has 0 aliphatic carbocycles. The highest BCUT2D eigenvalue weighted by molar-refractivity contribution is 6.04. The van der Waals surface area contributed by atoms with Gasteiger partial charge in [0, 0.05) is 11.1 Å². The number of hydrogen-bond acceptors (Lipinski definition) is 4. The van der Waals surface area contributed by atoms with E-state index < -0.39 is 24.3 Å². The molecule has 1 heterocycles. The minimum absolute atomic E-state index is 0.0359. The number of halogens is 1. The standard InChI is InChI=1S/C19H15FN2O3/c1-12-10-14(13-6-2-4-8-16(13)21-12)19(24)25-11-18(23)22-17-9-5-3-7-15(17)20/h2-10H,11H2,1H3,(H,22,23). The van der Waals surface area contributed by atoms with E-state index in [0.29, 0.717) is 22.2 Å². The van der Waals surface area contributed by atoms with Gasteiger partial charge in [-0.2, -0.15) is 0 Å². The number of amides is 1. The number of fused-ring (bicyclic) bond motifs is 1. The number of carbonyl (C=O) groups is 2. The molecule has 0 unspecified atom stereocenters. The minimum atomic E-state index is -0.634. The molecule has 1 aromatic heterocycles. The number of benzene rings is 2. The van der Waals surface area contributed by atoms with Crippen LogP contribution in [-0.4, -0.2) is 23.5 Å². The van der Waals surface area contributed by atoms with Crippen molar-refractivity contribution in [3.8, 4) is 0 Å². The molecule has 6 heteroatoms. The summed E-state index contributed by atoms with van der Waals surface area (Å²) in [6.07, 6.45) is 0. The highest BCUT2D eigenvalue weighted by Crippen LogP contribution is 2.19. The van der Waals surface area contributed by atoms with Crippen molar-refractivity contribution in [3.63, 3.8) is 0 Å². The lowest BCUT2D eigenvalue weighted by molar-refractivity contribution is -0.119. The minimum Gasteiger partial charge on any atom is -0.452 e. The van der Waals surface area contributed by atoms with Gasteiger partial charge in [0.05, 0.1) is 16.8 Å². The van der Waals surface area contributed by atoms with Crippen LogP contribution in [0.2, 0.25) is 0 Å². The molecular formula is C19H15FN2O3. The summed E-state index contributed by atoms with van der Waals surface area (Å²) in [6, 6.07) is 14.6. The Bertz CT molecular complexity index is 956. The molecule has 0 atom stereocenters. The summed E-state index contributed by atoms with van der Waals surface area (Å²) in [5.41, 5.74) is 1.71. The van der Waals surface area contributed by atoms with E-state index in [4.69, 9.17) is 4.74 Å². The van der Waals surface area contributed by atoms with Gasteiger partial charge >= 0.3 is 5.97 Å². The van der Waals surface area contributed by atoms with Crippen LogP contribution in [0.1, 0.15) is 16.1 Å². The predicted octanol–water partition coefficient (Wildman–Crippen LogP) is 3.48. The second-order valence-corrected chi connectivity index (χ2v) is 5.43. The third-order valence-electron chi connectivity index (χ3n) is 3.55. The van der Waals surface area contributed by atoms with Crippen molar-refractivity contribution >= 4 is 28.5 Å². The first-order chi connectivity index (χ1) is 12.0. The summed E-state index contributed by atoms with van der Waals surface area (Å²) in [4.78, 5) is 28.5. The number of ether oxygens (including phenoxy) is 1. The van der Waals surface area contributed by atoms with Crippen molar-refractivity contribution in [2.24, 2.45) is 0 Å². The Kier molecular flexibility index (Phi) is 4.70. The SMILES string of the molecule is Cc1cc(C(=O)OCC(=O)Nc2ccccc2F)c2ccccc2n1. The van der Waals surface area contributed by atoms with E-state index in [1.165, 1.54) is 18.2 Å². The molecule has 0 saturated carbocycles. The molecule has 3 aromatic rings. The Morgan fingerprint density at radius 1 is 1.12 bits per heavy atom. The fraction of sp³-hybridized carbons (Fsp3) is 0.105. The third-order valence-corrected chi connectivity index (χ3v) is 3.55. The Balaban J connectivity index is 1.71. The number of aryl methyl sites for hydroxylation is 1. The number of para-hydroxylation sites is 2. The molecule has 1 N–H and O–H groups in total. The zero-order valence-corrected chi connectivity index (χ0v) is 13.5. The topological polar surface area (TPSA) is 68.3 Å². The van der Waals surface area contributed by atoms with Crippen LogP contribution in [-0.2, 0) is 9.53 Å². The quantitative estimate of drug-likeness (QED) is 0.740. The first-order valence-corrected chi connectivity index (χ1v) is 7.62. The number of carbonyl (C=O) groups excluding carboxylic acids is 2. The van der Waals surface area contributed by atoms with Gasteiger partial charge in [0.1, 0.15) is 5.82 Å². The zero-order chi connectivity index (χ0) is 17.8. The van der Waals surface area contributed by atoms with Gasteiger partial charge in [-0.15, -0.1) is 0 Å². The van der Waals surface area contributed by atoms with Crippen LogP contribution in [0.4, 0.5) is 10.1 Å². The fourth-order valence-corrected chi connectivity index (χ4v) is 2.43. The van der Waals surface area contributed by atoms with Gasteiger partial charge < -0.3 is 10.1 Å². The summed E-state index contributed by atoms with van der Waals surface area (Å²) in [5.74, 6) is -1.81. The Hall–Kier alpha value is -3.28. The lowest BCUT2D eigenvalue weighted by Gasteiger charge is -2.09. The van der Waals surface area contributed by atoms with Gasteiger partial charge in [-0.25, -0.2) is 9.18 Å². The summed E-state index contributed by atoms with van der Waals surface area (Å²) in [6.45, 7) is 1.26. The van der Waals surface area contributed by atoms with Crippen molar-refractivity contribution in [3.05, 3.63) is 71.7 Å². The number of nitrogens with zero attached hydrogens (tertiary/aromatic N) is 1. The number of nitrogens with one attached hydrogen (secondary N) is 1. The zero-order valence-electron chi connectivity index (χ0n) is 13.5. The molecule has 3 rings (SSSR count). The second kappa shape index (κ2) is 7.09. The van der Waals surface area contributed by atoms with Crippen LogP contribution in [0.5, 0.6) is 0 Å². The summed E-state index contributed by atoms with van der Waals surface area (Å²) < 4.78 is 18.6. The second-order valence-electron chi connectivity index (χ2n) is 5.43. The molecule has 25 heavy (non-hydrogen) atoms. The van der Waals surface area contributed by atoms with Crippen molar-refractivity contribution in [1.29, 1.82) is 0 Å². The van der Waals surface area contributed by atoms with Crippen LogP contribution in [0.3, 0.4) is 0 Å². The normalized spacial score (nSPS) is 10.5. The van der Waals surface area contributed by atoms with E-state index >= 15 is 0 Å². The van der Waals surface area contributed by atoms with Crippen molar-refractivity contribution < 1.29 is 18.7 Å². The largest absolute Gasteiger partial charge is 0.452 e. The number of hydrogen-bond donors (Lipinski definition) is 1. The lowest BCUT2D eigenvalue weighted by atomic mass is 10.1. The molecule has 0 radical (unpaired) electrons. The summed E-state index contributed by atoms with van der Waals surface area (Å²) in [7, 11) is 0. The van der Waals surface area contributed by atoms with E-state index in [-0.39, 0.29) is 5.69 Å². The van der Waals surface area contributed by atoms with Gasteiger partial charge in [0.15, 0.2) is 6.61 Å². The number of pyridine rings is 1. The first kappa shape index (κ1) is 16.6. The smallest absolute Gasteiger partial charge is 0.339 e. The lowest BCUT2D eigenvalue weighted by Crippen LogP contribution is -2.21. The predicted molar refractivity (Wildman–Crippen MR) is 91.8 cm³/mol. The maximum Gasteiger partial charge on any atom is 0.339 e. The molecule has 0 saturated heterocycles. The van der Waals surface area contributed by atoms with E-state index in [1.54, 1.807) is 37.3 Å². The molecule has 2 aromatic carbocycles. The molecule has 0 fully saturated rings. The molecule has 0 spiro atoms. The number of anilines is 1. The van der Waals surface area contributed by atoms with Crippen LogP contribution in [0, 0.1) is 12.7 Å². The van der Waals surface area contributed by atoms with Gasteiger partial charge in [-0.1, -0.05) is 30.3 Å². The van der Waals surface area contributed by atoms with Crippen LogP contribution in [0.25, 0.3) is 10.9 Å². The van der Waals surface area contributed by atoms with Crippen LogP contribution >= 0.6 is 0 Å². The average Bonchev–Trinajstić information content (AvgIpc) is 2.61. The van der Waals surface area contributed by atoms with Gasteiger partial charge in [0.25, 0.3) is 5.91 Å².